The summed E-state index contributed by atoms with van der Waals surface area (Å²) in [6.45, 7) is 6.09. The van der Waals surface area contributed by atoms with E-state index in [9.17, 15) is 4.79 Å². The molecule has 0 unspecified atom stereocenters. The quantitative estimate of drug-likeness (QED) is 0.156. The minimum atomic E-state index is -0.0327. The maximum atomic E-state index is 11.4. The Bertz CT molecular complexity index is 264. The van der Waals surface area contributed by atoms with Gasteiger partial charge in [0.05, 0.1) is 6.10 Å². The van der Waals surface area contributed by atoms with Crippen LogP contribution >= 0.6 is 0 Å². The third-order valence-electron chi connectivity index (χ3n) is 4.35. The number of esters is 1. The fraction of sp³-hybridized carbons (Fsp3) is 0.952. The van der Waals surface area contributed by atoms with Gasteiger partial charge in [0.1, 0.15) is 0 Å². The van der Waals surface area contributed by atoms with Gasteiger partial charge < -0.3 is 7.59 Å². The van der Waals surface area contributed by atoms with Gasteiger partial charge in [-0.25, -0.2) is 0 Å². The van der Waals surface area contributed by atoms with Crippen molar-refractivity contribution in [2.75, 3.05) is 0 Å². The number of rotatable bonds is 17. The van der Waals surface area contributed by atoms with Gasteiger partial charge in [0, 0.05) is 6.42 Å². The van der Waals surface area contributed by atoms with Crippen LogP contribution in [0.4, 0.5) is 0 Å². The molecule has 0 aromatic heterocycles. The van der Waals surface area contributed by atoms with Crippen LogP contribution in [-0.4, -0.2) is 49.8 Å². The van der Waals surface area contributed by atoms with Crippen LogP contribution < -0.4 is 0 Å². The standard InChI is InChI=1S/C21H42O2.Ca.2H/c1-4-5-6-7-8-9-10-11-12-13-14-15-16-17-18-19-21(22)23-20(2)3;;;/h20H,4-19H2,1-3H3;;;/q;+2;2*-1. The number of hydrogen-bond acceptors (Lipinski definition) is 2. The smallest absolute Gasteiger partial charge is 1.00 e. The zero-order chi connectivity index (χ0) is 17.2. The van der Waals surface area contributed by atoms with E-state index in [0.29, 0.717) is 6.42 Å². The van der Waals surface area contributed by atoms with Crippen molar-refractivity contribution in [2.24, 2.45) is 0 Å². The van der Waals surface area contributed by atoms with Crippen molar-refractivity contribution < 1.29 is 12.4 Å². The molecule has 0 fully saturated rings. The summed E-state index contributed by atoms with van der Waals surface area (Å²) in [4.78, 5) is 11.4. The molecular weight excluding hydrogens is 324 g/mol. The molecule has 0 heterocycles. The first-order valence-electron chi connectivity index (χ1n) is 10.4. The Labute approximate surface area is 184 Å². The van der Waals surface area contributed by atoms with Crippen LogP contribution in [0, 0.1) is 0 Å². The molecule has 0 amide bonds. The predicted octanol–water partition coefficient (Wildman–Crippen LogP) is 7.04. The van der Waals surface area contributed by atoms with Gasteiger partial charge in [0.2, 0.25) is 0 Å². The second-order valence-electron chi connectivity index (χ2n) is 7.24. The topological polar surface area (TPSA) is 26.3 Å². The molecule has 0 aromatic carbocycles. The van der Waals surface area contributed by atoms with Gasteiger partial charge in [-0.05, 0) is 20.3 Å². The fourth-order valence-corrected chi connectivity index (χ4v) is 2.96. The Morgan fingerprint density at radius 3 is 1.38 bits per heavy atom. The molecule has 142 valence electrons. The van der Waals surface area contributed by atoms with E-state index < -0.39 is 0 Å². The monoisotopic (exact) mass is 368 g/mol. The van der Waals surface area contributed by atoms with E-state index in [0.717, 1.165) is 6.42 Å². The largest absolute Gasteiger partial charge is 2.00 e. The van der Waals surface area contributed by atoms with E-state index >= 15 is 0 Å². The first-order chi connectivity index (χ1) is 11.2. The van der Waals surface area contributed by atoms with Crippen molar-refractivity contribution in [1.82, 2.24) is 0 Å². The van der Waals surface area contributed by atoms with Crippen LogP contribution in [0.3, 0.4) is 0 Å². The molecule has 3 heteroatoms. The molecule has 24 heavy (non-hydrogen) atoms. The summed E-state index contributed by atoms with van der Waals surface area (Å²) < 4.78 is 5.13. The Kier molecular flexibility index (Phi) is 24.5. The maximum absolute atomic E-state index is 11.4. The van der Waals surface area contributed by atoms with Gasteiger partial charge in [-0.15, -0.1) is 0 Å². The molecule has 0 aliphatic heterocycles. The van der Waals surface area contributed by atoms with E-state index in [1.165, 1.54) is 89.9 Å². The Morgan fingerprint density at radius 1 is 0.708 bits per heavy atom. The summed E-state index contributed by atoms with van der Waals surface area (Å²) in [7, 11) is 0. The van der Waals surface area contributed by atoms with Crippen LogP contribution in [0.5, 0.6) is 0 Å². The molecule has 0 bridgehead atoms. The third kappa shape index (κ3) is 22.7. The molecule has 0 aliphatic carbocycles. The number of carbonyl (C=O) groups excluding carboxylic acids is 1. The first-order valence-corrected chi connectivity index (χ1v) is 10.4. The summed E-state index contributed by atoms with van der Waals surface area (Å²) in [5, 5.41) is 0. The summed E-state index contributed by atoms with van der Waals surface area (Å²) in [6.07, 6.45) is 20.9. The molecule has 0 aromatic rings. The van der Waals surface area contributed by atoms with Crippen molar-refractivity contribution >= 4 is 43.7 Å². The van der Waals surface area contributed by atoms with Crippen molar-refractivity contribution in [2.45, 2.75) is 130 Å². The molecule has 0 radical (unpaired) electrons. The zero-order valence-corrected chi connectivity index (χ0v) is 19.1. The normalized spacial score (nSPS) is 10.7. The Hall–Kier alpha value is 0.730. The maximum Gasteiger partial charge on any atom is 2.00 e. The van der Waals surface area contributed by atoms with Gasteiger partial charge in [0.25, 0.3) is 0 Å². The van der Waals surface area contributed by atoms with Crippen LogP contribution in [0.15, 0.2) is 0 Å². The second kappa shape index (κ2) is 21.8. The van der Waals surface area contributed by atoms with Gasteiger partial charge in [-0.1, -0.05) is 96.8 Å². The van der Waals surface area contributed by atoms with E-state index in [2.05, 4.69) is 6.92 Å². The number of hydrogen-bond donors (Lipinski definition) is 0. The molecule has 2 nitrogen and oxygen atoms in total. The summed E-state index contributed by atoms with van der Waals surface area (Å²) in [5.74, 6) is -0.0327. The molecular formula is C21H44CaO2. The third-order valence-corrected chi connectivity index (χ3v) is 4.35. The van der Waals surface area contributed by atoms with E-state index in [1.54, 1.807) is 0 Å². The van der Waals surface area contributed by atoms with Crippen LogP contribution in [0.2, 0.25) is 0 Å². The SMILES string of the molecule is CCCCCCCCCCCCCCCCCC(=O)OC(C)C.[Ca+2].[H-].[H-]. The van der Waals surface area contributed by atoms with E-state index in [4.69, 9.17) is 4.74 Å². The Morgan fingerprint density at radius 2 is 1.04 bits per heavy atom. The zero-order valence-electron chi connectivity index (χ0n) is 18.9. The van der Waals surface area contributed by atoms with E-state index in [-0.39, 0.29) is 52.7 Å². The Balaban J connectivity index is -0.000000807. The molecule has 0 N–H and O–H groups in total. The summed E-state index contributed by atoms with van der Waals surface area (Å²) in [6, 6.07) is 0. The summed E-state index contributed by atoms with van der Waals surface area (Å²) in [5.41, 5.74) is 0. The van der Waals surface area contributed by atoms with Crippen molar-refractivity contribution in [3.63, 3.8) is 0 Å². The average Bonchev–Trinajstić information content (AvgIpc) is 2.50. The number of carbonyl (C=O) groups is 1. The van der Waals surface area contributed by atoms with Crippen molar-refractivity contribution in [3.05, 3.63) is 0 Å². The van der Waals surface area contributed by atoms with E-state index in [1.807, 2.05) is 13.8 Å². The van der Waals surface area contributed by atoms with Gasteiger partial charge in [0.15, 0.2) is 0 Å². The fourth-order valence-electron chi connectivity index (χ4n) is 2.96. The number of ether oxygens (including phenoxy) is 1. The molecule has 0 saturated heterocycles. The first kappa shape index (κ1) is 27.0. The van der Waals surface area contributed by atoms with Crippen LogP contribution in [-0.2, 0) is 9.53 Å². The van der Waals surface area contributed by atoms with Crippen LogP contribution in [0.25, 0.3) is 0 Å². The van der Waals surface area contributed by atoms with Gasteiger partial charge >= 0.3 is 43.7 Å². The molecule has 0 saturated carbocycles. The van der Waals surface area contributed by atoms with Gasteiger partial charge in [-0.3, -0.25) is 4.79 Å². The van der Waals surface area contributed by atoms with Gasteiger partial charge in [-0.2, -0.15) is 0 Å². The molecule has 0 spiro atoms. The minimum Gasteiger partial charge on any atom is -1.00 e. The number of unbranched alkanes of at least 4 members (excludes halogenated alkanes) is 14. The minimum absolute atomic E-state index is 0. The van der Waals surface area contributed by atoms with Crippen molar-refractivity contribution in [3.8, 4) is 0 Å². The van der Waals surface area contributed by atoms with Crippen LogP contribution in [0.1, 0.15) is 126 Å². The molecule has 0 aliphatic rings. The van der Waals surface area contributed by atoms with Crippen molar-refractivity contribution in [1.29, 1.82) is 0 Å². The second-order valence-corrected chi connectivity index (χ2v) is 7.24. The average molecular weight is 369 g/mol. The summed E-state index contributed by atoms with van der Waals surface area (Å²) >= 11 is 0. The molecule has 0 atom stereocenters. The predicted molar refractivity (Wildman–Crippen MR) is 109 cm³/mol. The molecule has 0 rings (SSSR count).